The lowest BCUT2D eigenvalue weighted by Crippen LogP contribution is -2.19. The van der Waals surface area contributed by atoms with Gasteiger partial charge < -0.3 is 5.32 Å². The van der Waals surface area contributed by atoms with Gasteiger partial charge >= 0.3 is 0 Å². The highest BCUT2D eigenvalue weighted by molar-refractivity contribution is 5.30. The van der Waals surface area contributed by atoms with Crippen LogP contribution >= 0.6 is 0 Å². The number of aromatic nitrogens is 4. The molecule has 0 radical (unpaired) electrons. The van der Waals surface area contributed by atoms with Crippen molar-refractivity contribution >= 4 is 0 Å². The van der Waals surface area contributed by atoms with Crippen LogP contribution in [0.25, 0.3) is 5.69 Å². The average Bonchev–Trinajstić information content (AvgIpc) is 2.92. The van der Waals surface area contributed by atoms with E-state index in [0.717, 1.165) is 29.9 Å². The molecule has 1 heterocycles. The number of nitrogens with one attached hydrogen (secondary N) is 1. The van der Waals surface area contributed by atoms with Crippen LogP contribution in [-0.2, 0) is 6.54 Å². The van der Waals surface area contributed by atoms with Crippen LogP contribution in [0.15, 0.2) is 30.3 Å². The molecule has 2 atom stereocenters. The molecule has 1 aromatic heterocycles. The molecule has 2 aromatic rings. The van der Waals surface area contributed by atoms with Crippen LogP contribution in [0.1, 0.15) is 19.2 Å². The third-order valence-electron chi connectivity index (χ3n) is 3.50. The van der Waals surface area contributed by atoms with E-state index in [-0.39, 0.29) is 0 Å². The van der Waals surface area contributed by atoms with Gasteiger partial charge in [0.2, 0.25) is 0 Å². The van der Waals surface area contributed by atoms with Crippen molar-refractivity contribution in [1.82, 2.24) is 25.5 Å². The summed E-state index contributed by atoms with van der Waals surface area (Å²) in [4.78, 5) is 0. The molecule has 1 N–H and O–H groups in total. The predicted octanol–water partition coefficient (Wildman–Crippen LogP) is 1.41. The molecule has 18 heavy (non-hydrogen) atoms. The van der Waals surface area contributed by atoms with Crippen LogP contribution in [-0.4, -0.2) is 26.8 Å². The molecule has 0 spiro atoms. The molecule has 2 unspecified atom stereocenters. The van der Waals surface area contributed by atoms with Crippen LogP contribution in [0.2, 0.25) is 0 Å². The second-order valence-corrected chi connectivity index (χ2v) is 4.95. The predicted molar refractivity (Wildman–Crippen MR) is 68.1 cm³/mol. The summed E-state index contributed by atoms with van der Waals surface area (Å²) in [7, 11) is 0. The lowest BCUT2D eigenvalue weighted by atomic mass is 10.3. The molecule has 5 heteroatoms. The zero-order valence-corrected chi connectivity index (χ0v) is 10.5. The summed E-state index contributed by atoms with van der Waals surface area (Å²) in [6, 6.07) is 9.96. The van der Waals surface area contributed by atoms with E-state index < -0.39 is 0 Å². The molecule has 0 aliphatic heterocycles. The van der Waals surface area contributed by atoms with Crippen LogP contribution in [0.3, 0.4) is 0 Å². The summed E-state index contributed by atoms with van der Waals surface area (Å²) in [6.07, 6.45) is 1.34. The summed E-state index contributed by atoms with van der Waals surface area (Å²) >= 11 is 0. The zero-order valence-electron chi connectivity index (χ0n) is 10.5. The molecule has 1 aliphatic carbocycles. The summed E-state index contributed by atoms with van der Waals surface area (Å²) in [5.74, 6) is 2.57. The fourth-order valence-electron chi connectivity index (χ4n) is 2.14. The molecule has 94 valence electrons. The number of hydrogen-bond donors (Lipinski definition) is 1. The van der Waals surface area contributed by atoms with Crippen molar-refractivity contribution in [2.24, 2.45) is 11.8 Å². The minimum atomic E-state index is 0.713. The van der Waals surface area contributed by atoms with Gasteiger partial charge in [0.15, 0.2) is 5.82 Å². The highest BCUT2D eigenvalue weighted by Gasteiger charge is 2.31. The Morgan fingerprint density at radius 3 is 2.83 bits per heavy atom. The summed E-state index contributed by atoms with van der Waals surface area (Å²) in [6.45, 7) is 4.06. The third-order valence-corrected chi connectivity index (χ3v) is 3.50. The number of rotatable bonds is 5. The molecule has 0 saturated heterocycles. The van der Waals surface area contributed by atoms with E-state index in [2.05, 4.69) is 27.8 Å². The standard InChI is InChI=1S/C13H17N5/c1-10-7-11(10)8-14-9-13-15-16-17-18(13)12-5-3-2-4-6-12/h2-6,10-11,14H,7-9H2,1H3. The molecule has 0 amide bonds. The highest BCUT2D eigenvalue weighted by Crippen LogP contribution is 2.36. The highest BCUT2D eigenvalue weighted by atomic mass is 15.5. The maximum Gasteiger partial charge on any atom is 0.170 e. The van der Waals surface area contributed by atoms with Gasteiger partial charge in [-0.1, -0.05) is 25.1 Å². The first kappa shape index (κ1) is 11.3. The van der Waals surface area contributed by atoms with Crippen molar-refractivity contribution in [2.75, 3.05) is 6.54 Å². The van der Waals surface area contributed by atoms with Gasteiger partial charge in [0, 0.05) is 0 Å². The molecule has 1 saturated carbocycles. The van der Waals surface area contributed by atoms with Crippen LogP contribution in [0.4, 0.5) is 0 Å². The van der Waals surface area contributed by atoms with Gasteiger partial charge in [0.05, 0.1) is 12.2 Å². The fourth-order valence-corrected chi connectivity index (χ4v) is 2.14. The number of para-hydroxylation sites is 1. The van der Waals surface area contributed by atoms with E-state index in [4.69, 9.17) is 0 Å². The number of nitrogens with zero attached hydrogens (tertiary/aromatic N) is 4. The van der Waals surface area contributed by atoms with E-state index in [1.54, 1.807) is 4.68 Å². The van der Waals surface area contributed by atoms with Gasteiger partial charge in [-0.3, -0.25) is 0 Å². The van der Waals surface area contributed by atoms with E-state index in [9.17, 15) is 0 Å². The molecule has 1 fully saturated rings. The SMILES string of the molecule is CC1CC1CNCc1nnnn1-c1ccccc1. The Labute approximate surface area is 106 Å². The van der Waals surface area contributed by atoms with Crippen molar-refractivity contribution in [3.8, 4) is 5.69 Å². The first-order valence-corrected chi connectivity index (χ1v) is 6.38. The van der Waals surface area contributed by atoms with E-state index in [1.807, 2.05) is 30.3 Å². The van der Waals surface area contributed by atoms with Gasteiger partial charge in [-0.25, -0.2) is 0 Å². The molecule has 5 nitrogen and oxygen atoms in total. The maximum atomic E-state index is 4.07. The van der Waals surface area contributed by atoms with Crippen LogP contribution in [0.5, 0.6) is 0 Å². The Morgan fingerprint density at radius 2 is 2.11 bits per heavy atom. The van der Waals surface area contributed by atoms with Crippen molar-refractivity contribution in [2.45, 2.75) is 19.9 Å². The van der Waals surface area contributed by atoms with Gasteiger partial charge in [-0.15, -0.1) is 5.10 Å². The monoisotopic (exact) mass is 243 g/mol. The maximum absolute atomic E-state index is 4.07. The van der Waals surface area contributed by atoms with Gasteiger partial charge in [-0.05, 0) is 47.4 Å². The van der Waals surface area contributed by atoms with Crippen LogP contribution < -0.4 is 5.32 Å². The largest absolute Gasteiger partial charge is 0.309 e. The van der Waals surface area contributed by atoms with Crippen LogP contribution in [0, 0.1) is 11.8 Å². The molecule has 3 rings (SSSR count). The number of benzene rings is 1. The Morgan fingerprint density at radius 1 is 1.33 bits per heavy atom. The summed E-state index contributed by atoms with van der Waals surface area (Å²) in [5.41, 5.74) is 0.999. The molecule has 0 bridgehead atoms. The van der Waals surface area contributed by atoms with Crippen molar-refractivity contribution in [3.63, 3.8) is 0 Å². The fraction of sp³-hybridized carbons (Fsp3) is 0.462. The Kier molecular flexibility index (Phi) is 3.06. The van der Waals surface area contributed by atoms with Crippen molar-refractivity contribution < 1.29 is 0 Å². The van der Waals surface area contributed by atoms with E-state index in [0.29, 0.717) is 6.54 Å². The normalized spacial score (nSPS) is 22.1. The van der Waals surface area contributed by atoms with Crippen molar-refractivity contribution in [1.29, 1.82) is 0 Å². The lowest BCUT2D eigenvalue weighted by molar-refractivity contribution is 0.587. The summed E-state index contributed by atoms with van der Waals surface area (Å²) in [5, 5.41) is 15.3. The van der Waals surface area contributed by atoms with Gasteiger partial charge in [0.1, 0.15) is 0 Å². The quantitative estimate of drug-likeness (QED) is 0.862. The first-order chi connectivity index (χ1) is 8.84. The number of tetrazole rings is 1. The molecule has 1 aromatic carbocycles. The average molecular weight is 243 g/mol. The topological polar surface area (TPSA) is 55.6 Å². The molecular weight excluding hydrogens is 226 g/mol. The number of hydrogen-bond acceptors (Lipinski definition) is 4. The first-order valence-electron chi connectivity index (χ1n) is 6.38. The smallest absolute Gasteiger partial charge is 0.170 e. The Bertz CT molecular complexity index is 507. The Hall–Kier alpha value is -1.75. The molecular formula is C13H17N5. The second-order valence-electron chi connectivity index (χ2n) is 4.95. The summed E-state index contributed by atoms with van der Waals surface area (Å²) < 4.78 is 1.78. The molecule has 1 aliphatic rings. The third kappa shape index (κ3) is 2.41. The minimum absolute atomic E-state index is 0.713. The zero-order chi connectivity index (χ0) is 12.4. The van der Waals surface area contributed by atoms with Crippen molar-refractivity contribution in [3.05, 3.63) is 36.2 Å². The Balaban J connectivity index is 1.64. The van der Waals surface area contributed by atoms with E-state index >= 15 is 0 Å². The minimum Gasteiger partial charge on any atom is -0.309 e. The van der Waals surface area contributed by atoms with Gasteiger partial charge in [-0.2, -0.15) is 4.68 Å². The second kappa shape index (κ2) is 4.86. The lowest BCUT2D eigenvalue weighted by Gasteiger charge is -2.05. The van der Waals surface area contributed by atoms with Gasteiger partial charge in [0.25, 0.3) is 0 Å². The van der Waals surface area contributed by atoms with E-state index in [1.165, 1.54) is 6.42 Å².